The maximum absolute atomic E-state index is 15.4. The van der Waals surface area contributed by atoms with Crippen molar-refractivity contribution in [3.63, 3.8) is 0 Å². The van der Waals surface area contributed by atoms with Crippen LogP contribution in [0.15, 0.2) is 40.4 Å². The van der Waals surface area contributed by atoms with Crippen LogP contribution in [0.1, 0.15) is 68.8 Å². The van der Waals surface area contributed by atoms with Gasteiger partial charge in [-0.15, -0.1) is 0 Å². The molecule has 0 aliphatic carbocycles. The smallest absolute Gasteiger partial charge is 0.332 e. The molecule has 0 saturated carbocycles. The van der Waals surface area contributed by atoms with Crippen LogP contribution in [0.3, 0.4) is 0 Å². The Morgan fingerprint density at radius 1 is 1.15 bits per heavy atom. The normalized spacial score (nSPS) is 17.8. The van der Waals surface area contributed by atoms with E-state index in [4.69, 9.17) is 39.3 Å². The lowest BCUT2D eigenvalue weighted by molar-refractivity contribution is -0.133. The Morgan fingerprint density at radius 3 is 2.27 bits per heavy atom. The summed E-state index contributed by atoms with van der Waals surface area (Å²) in [6.45, 7) is 10.0. The van der Waals surface area contributed by atoms with Crippen molar-refractivity contribution >= 4 is 74.4 Å². The SMILES string of the molecule is CC(C)(C)/C(=C\c1cccc2c1C(C)(Br)CN2C(=O)c1c(-c2c(Cl)cc(Cl)cc2Cl)noc1C(C)(C)F)C(=O)O. The highest BCUT2D eigenvalue weighted by molar-refractivity contribution is 9.09. The number of carboxylic acids is 1. The van der Waals surface area contributed by atoms with Gasteiger partial charge in [0, 0.05) is 34.0 Å². The maximum Gasteiger partial charge on any atom is 0.332 e. The number of amides is 1. The monoisotopic (exact) mass is 670 g/mol. The van der Waals surface area contributed by atoms with Gasteiger partial charge in [-0.25, -0.2) is 9.18 Å². The first kappa shape index (κ1) is 30.6. The average molecular weight is 673 g/mol. The summed E-state index contributed by atoms with van der Waals surface area (Å²) in [6.07, 6.45) is 1.63. The van der Waals surface area contributed by atoms with Crippen LogP contribution in [0.5, 0.6) is 0 Å². The van der Waals surface area contributed by atoms with E-state index in [1.807, 2.05) is 27.7 Å². The molecule has 11 heteroatoms. The standard InChI is InChI=1S/C29H27BrCl3FN2O4/c1-27(2,3)16(26(38)39)10-14-8-7-9-19-22(14)29(6,30)13-36(19)25(37)21-23(35-40-24(21)28(4,5)34)20-17(32)11-15(31)12-18(20)33/h7-12H,13H2,1-6H3,(H,38,39)/b16-10-. The molecule has 3 aromatic rings. The van der Waals surface area contributed by atoms with Gasteiger partial charge in [0.1, 0.15) is 11.3 Å². The van der Waals surface area contributed by atoms with E-state index in [-0.39, 0.29) is 49.8 Å². The topological polar surface area (TPSA) is 83.6 Å². The first-order chi connectivity index (χ1) is 18.3. The molecule has 212 valence electrons. The Labute approximate surface area is 255 Å². The molecule has 0 saturated heterocycles. The van der Waals surface area contributed by atoms with Crippen molar-refractivity contribution in [1.82, 2.24) is 5.16 Å². The van der Waals surface area contributed by atoms with E-state index in [9.17, 15) is 14.7 Å². The second kappa shape index (κ2) is 10.5. The Kier molecular flexibility index (Phi) is 8.00. The molecule has 1 N–H and O–H groups in total. The molecule has 1 unspecified atom stereocenters. The van der Waals surface area contributed by atoms with Gasteiger partial charge in [0.25, 0.3) is 5.91 Å². The van der Waals surface area contributed by atoms with Crippen LogP contribution in [-0.4, -0.2) is 28.7 Å². The van der Waals surface area contributed by atoms with Crippen molar-refractivity contribution in [2.45, 2.75) is 51.5 Å². The number of aromatic nitrogens is 1. The number of carbonyl (C=O) groups is 2. The Balaban J connectivity index is 1.94. The van der Waals surface area contributed by atoms with Crippen molar-refractivity contribution in [3.05, 3.63) is 73.4 Å². The van der Waals surface area contributed by atoms with Crippen LogP contribution >= 0.6 is 50.7 Å². The van der Waals surface area contributed by atoms with Crippen LogP contribution in [0.4, 0.5) is 10.1 Å². The predicted octanol–water partition coefficient (Wildman–Crippen LogP) is 9.29. The van der Waals surface area contributed by atoms with E-state index in [1.54, 1.807) is 24.3 Å². The molecule has 1 aliphatic heterocycles. The first-order valence-electron chi connectivity index (χ1n) is 12.3. The third kappa shape index (κ3) is 5.56. The fourth-order valence-electron chi connectivity index (χ4n) is 4.84. The zero-order valence-corrected chi connectivity index (χ0v) is 26.5. The average Bonchev–Trinajstić information content (AvgIpc) is 3.35. The third-order valence-electron chi connectivity index (χ3n) is 6.61. The van der Waals surface area contributed by atoms with E-state index in [2.05, 4.69) is 21.1 Å². The number of alkyl halides is 2. The Morgan fingerprint density at radius 2 is 1.75 bits per heavy atom. The minimum absolute atomic E-state index is 0.0148. The van der Waals surface area contributed by atoms with Crippen LogP contribution < -0.4 is 4.90 Å². The number of hydrogen-bond donors (Lipinski definition) is 1. The van der Waals surface area contributed by atoms with Crippen LogP contribution in [0.2, 0.25) is 15.1 Å². The molecule has 1 amide bonds. The van der Waals surface area contributed by atoms with Crippen molar-refractivity contribution in [2.75, 3.05) is 11.4 Å². The summed E-state index contributed by atoms with van der Waals surface area (Å²) in [5.74, 6) is -1.90. The van der Waals surface area contributed by atoms with Gasteiger partial charge >= 0.3 is 5.97 Å². The number of nitrogens with zero attached hydrogens (tertiary/aromatic N) is 2. The summed E-state index contributed by atoms with van der Waals surface area (Å²) in [6, 6.07) is 8.19. The Hall–Kier alpha value is -2.39. The van der Waals surface area contributed by atoms with Crippen molar-refractivity contribution in [1.29, 1.82) is 0 Å². The van der Waals surface area contributed by atoms with Crippen LogP contribution in [0.25, 0.3) is 17.3 Å². The highest BCUT2D eigenvalue weighted by atomic mass is 79.9. The molecule has 40 heavy (non-hydrogen) atoms. The second-order valence-electron chi connectivity index (χ2n) is 11.4. The molecule has 0 bridgehead atoms. The Bertz CT molecular complexity index is 1550. The summed E-state index contributed by atoms with van der Waals surface area (Å²) in [7, 11) is 0. The van der Waals surface area contributed by atoms with Gasteiger partial charge in [0.15, 0.2) is 11.4 Å². The lowest BCUT2D eigenvalue weighted by atomic mass is 9.84. The lowest BCUT2D eigenvalue weighted by Gasteiger charge is -2.22. The highest BCUT2D eigenvalue weighted by Crippen LogP contribution is 2.49. The predicted molar refractivity (Wildman–Crippen MR) is 161 cm³/mol. The number of rotatable bonds is 5. The number of anilines is 1. The molecule has 4 rings (SSSR count). The molecule has 0 spiro atoms. The summed E-state index contributed by atoms with van der Waals surface area (Å²) in [5.41, 5.74) is -0.576. The summed E-state index contributed by atoms with van der Waals surface area (Å²) in [5, 5.41) is 14.4. The van der Waals surface area contributed by atoms with Crippen molar-refractivity contribution < 1.29 is 23.6 Å². The third-order valence-corrected chi connectivity index (χ3v) is 8.08. The lowest BCUT2D eigenvalue weighted by Crippen LogP contribution is -2.34. The number of benzene rings is 2. The van der Waals surface area contributed by atoms with Crippen molar-refractivity contribution in [3.8, 4) is 11.3 Å². The highest BCUT2D eigenvalue weighted by Gasteiger charge is 2.45. The van der Waals surface area contributed by atoms with Gasteiger partial charge in [0.05, 0.1) is 14.4 Å². The molecule has 2 aromatic carbocycles. The van der Waals surface area contributed by atoms with Crippen LogP contribution in [0, 0.1) is 5.41 Å². The van der Waals surface area contributed by atoms with Gasteiger partial charge in [0.2, 0.25) is 0 Å². The van der Waals surface area contributed by atoms with E-state index in [1.165, 1.54) is 30.9 Å². The summed E-state index contributed by atoms with van der Waals surface area (Å²) < 4.78 is 20.0. The number of fused-ring (bicyclic) bond motifs is 1. The van der Waals surface area contributed by atoms with E-state index in [0.717, 1.165) is 0 Å². The van der Waals surface area contributed by atoms with Gasteiger partial charge in [-0.3, -0.25) is 4.79 Å². The molecule has 6 nitrogen and oxygen atoms in total. The van der Waals surface area contributed by atoms with Gasteiger partial charge in [-0.05, 0) is 56.0 Å². The molecule has 1 atom stereocenters. The number of carboxylic acid groups (broad SMARTS) is 1. The number of hydrogen-bond acceptors (Lipinski definition) is 4. The second-order valence-corrected chi connectivity index (χ2v) is 14.4. The van der Waals surface area contributed by atoms with E-state index in [0.29, 0.717) is 16.8 Å². The number of aliphatic carboxylic acids is 1. The first-order valence-corrected chi connectivity index (χ1v) is 14.2. The maximum atomic E-state index is 15.4. The number of carbonyl (C=O) groups excluding carboxylic acids is 1. The van der Waals surface area contributed by atoms with Gasteiger partial charge in [-0.1, -0.05) is 88.8 Å². The fourth-order valence-corrected chi connectivity index (χ4v) is 6.51. The molecule has 0 radical (unpaired) electrons. The zero-order chi connectivity index (χ0) is 29.9. The number of halogens is 5. The molecular weight excluding hydrogens is 646 g/mol. The van der Waals surface area contributed by atoms with Gasteiger partial charge < -0.3 is 14.5 Å². The quantitative estimate of drug-likeness (QED) is 0.216. The fraction of sp³-hybridized carbons (Fsp3) is 0.345. The molecule has 1 aromatic heterocycles. The molecular formula is C29H27BrCl3FN2O4. The largest absolute Gasteiger partial charge is 0.478 e. The zero-order valence-electron chi connectivity index (χ0n) is 22.6. The minimum Gasteiger partial charge on any atom is -0.478 e. The van der Waals surface area contributed by atoms with E-state index >= 15 is 4.39 Å². The molecule has 0 fully saturated rings. The molecule has 2 heterocycles. The van der Waals surface area contributed by atoms with E-state index < -0.39 is 27.3 Å². The minimum atomic E-state index is -2.07. The summed E-state index contributed by atoms with van der Waals surface area (Å²) >= 11 is 22.8. The summed E-state index contributed by atoms with van der Waals surface area (Å²) in [4.78, 5) is 27.9. The molecule has 1 aliphatic rings. The van der Waals surface area contributed by atoms with Gasteiger partial charge in [-0.2, -0.15) is 0 Å². The van der Waals surface area contributed by atoms with Crippen LogP contribution in [-0.2, 0) is 14.8 Å². The van der Waals surface area contributed by atoms with Crippen molar-refractivity contribution in [2.24, 2.45) is 5.41 Å².